The Balaban J connectivity index is 2.80. The lowest BCUT2D eigenvalue weighted by Crippen LogP contribution is -2.38. The largest absolute Gasteiger partial charge is 0.481 e. The summed E-state index contributed by atoms with van der Waals surface area (Å²) in [6, 6.07) is 0. The second-order valence-electron chi connectivity index (χ2n) is 7.91. The molecule has 1 aliphatic carbocycles. The van der Waals surface area contributed by atoms with Crippen molar-refractivity contribution in [2.24, 2.45) is 17.3 Å². The van der Waals surface area contributed by atoms with Crippen molar-refractivity contribution in [3.63, 3.8) is 0 Å². The first-order valence-electron chi connectivity index (χ1n) is 10.1. The Kier molecular flexibility index (Phi) is 10.1. The number of hydrogen-bond acceptors (Lipinski definition) is 2. The molecule has 0 aliphatic heterocycles. The van der Waals surface area contributed by atoms with Gasteiger partial charge in [0, 0.05) is 13.7 Å². The summed E-state index contributed by atoms with van der Waals surface area (Å²) in [6.07, 6.45) is 15.6. The summed E-state index contributed by atoms with van der Waals surface area (Å²) < 4.78 is 5.26. The minimum absolute atomic E-state index is 0.0342. The van der Waals surface area contributed by atoms with Crippen LogP contribution in [0.5, 0.6) is 0 Å². The average molecular weight is 351 g/mol. The van der Waals surface area contributed by atoms with Crippen molar-refractivity contribution in [3.05, 3.63) is 23.8 Å². The van der Waals surface area contributed by atoms with Crippen LogP contribution in [0.15, 0.2) is 23.8 Å². The molecule has 0 amide bonds. The number of aliphatic carboxylic acids is 1. The third-order valence-electron chi connectivity index (χ3n) is 5.39. The first-order chi connectivity index (χ1) is 12.0. The van der Waals surface area contributed by atoms with Crippen molar-refractivity contribution < 1.29 is 14.6 Å². The van der Waals surface area contributed by atoms with Crippen LogP contribution < -0.4 is 0 Å². The SMILES string of the molecule is CCCCC1=CC(CCOC)C(CCCCCC(C)C)(C(=O)O)C=C1. The molecule has 1 rings (SSSR count). The van der Waals surface area contributed by atoms with Crippen molar-refractivity contribution in [2.75, 3.05) is 13.7 Å². The standard InChI is InChI=1S/C22H38O3/c1-5-6-11-19-12-15-22(21(23)24,20(17-19)13-16-25-4)14-9-7-8-10-18(2)3/h12,15,17-18,20H,5-11,13-14,16H2,1-4H3,(H,23,24). The first kappa shape index (κ1) is 22.0. The van der Waals surface area contributed by atoms with E-state index in [1.165, 1.54) is 18.4 Å². The third-order valence-corrected chi connectivity index (χ3v) is 5.39. The summed E-state index contributed by atoms with van der Waals surface area (Å²) in [6.45, 7) is 7.28. The number of carboxylic acids is 1. The quantitative estimate of drug-likeness (QED) is 0.414. The molecule has 1 N–H and O–H groups in total. The summed E-state index contributed by atoms with van der Waals surface area (Å²) >= 11 is 0. The predicted molar refractivity (Wildman–Crippen MR) is 105 cm³/mol. The van der Waals surface area contributed by atoms with Crippen LogP contribution in [-0.2, 0) is 9.53 Å². The van der Waals surface area contributed by atoms with Gasteiger partial charge in [0.15, 0.2) is 0 Å². The van der Waals surface area contributed by atoms with Gasteiger partial charge in [-0.3, -0.25) is 4.79 Å². The van der Waals surface area contributed by atoms with Crippen LogP contribution in [0.25, 0.3) is 0 Å². The van der Waals surface area contributed by atoms with Crippen molar-refractivity contribution >= 4 is 5.97 Å². The Morgan fingerprint density at radius 2 is 2.04 bits per heavy atom. The Morgan fingerprint density at radius 3 is 2.64 bits per heavy atom. The van der Waals surface area contributed by atoms with Crippen LogP contribution in [0.1, 0.15) is 78.6 Å². The summed E-state index contributed by atoms with van der Waals surface area (Å²) in [7, 11) is 1.69. The molecule has 3 nitrogen and oxygen atoms in total. The van der Waals surface area contributed by atoms with E-state index in [-0.39, 0.29) is 5.92 Å². The molecule has 2 atom stereocenters. The fourth-order valence-corrected chi connectivity index (χ4v) is 3.73. The van der Waals surface area contributed by atoms with Gasteiger partial charge >= 0.3 is 5.97 Å². The summed E-state index contributed by atoms with van der Waals surface area (Å²) in [5.74, 6) is 0.0768. The molecule has 1 aliphatic rings. The Bertz CT molecular complexity index is 450. The van der Waals surface area contributed by atoms with Gasteiger partial charge in [-0.15, -0.1) is 0 Å². The first-order valence-corrected chi connectivity index (χ1v) is 10.1. The van der Waals surface area contributed by atoms with Crippen molar-refractivity contribution in [3.8, 4) is 0 Å². The van der Waals surface area contributed by atoms with Gasteiger partial charge in [-0.1, -0.05) is 76.7 Å². The Hall–Kier alpha value is -1.09. The average Bonchev–Trinajstić information content (AvgIpc) is 2.58. The fraction of sp³-hybridized carbons (Fsp3) is 0.773. The normalized spacial score (nSPS) is 23.1. The number of rotatable bonds is 13. The van der Waals surface area contributed by atoms with Crippen molar-refractivity contribution in [1.82, 2.24) is 0 Å². The monoisotopic (exact) mass is 350 g/mol. The Labute approximate surface area is 154 Å². The van der Waals surface area contributed by atoms with E-state index >= 15 is 0 Å². The van der Waals surface area contributed by atoms with Crippen molar-refractivity contribution in [2.45, 2.75) is 78.6 Å². The molecule has 0 spiro atoms. The van der Waals surface area contributed by atoms with Crippen LogP contribution in [0.4, 0.5) is 0 Å². The lowest BCUT2D eigenvalue weighted by Gasteiger charge is -2.36. The fourth-order valence-electron chi connectivity index (χ4n) is 3.73. The van der Waals surface area contributed by atoms with Crippen LogP contribution >= 0.6 is 0 Å². The maximum Gasteiger partial charge on any atom is 0.314 e. The number of carbonyl (C=O) groups is 1. The molecular weight excluding hydrogens is 312 g/mol. The number of ether oxygens (including phenoxy) is 1. The molecule has 0 bridgehead atoms. The van der Waals surface area contributed by atoms with E-state index in [0.717, 1.165) is 50.9 Å². The van der Waals surface area contributed by atoms with E-state index in [4.69, 9.17) is 4.74 Å². The minimum atomic E-state index is -0.758. The van der Waals surface area contributed by atoms with Gasteiger partial charge in [0.2, 0.25) is 0 Å². The Morgan fingerprint density at radius 1 is 1.28 bits per heavy atom. The highest BCUT2D eigenvalue weighted by atomic mass is 16.5. The molecular formula is C22H38O3. The van der Waals surface area contributed by atoms with E-state index in [9.17, 15) is 9.90 Å². The predicted octanol–water partition coefficient (Wildman–Crippen LogP) is 6.00. The van der Waals surface area contributed by atoms with Crippen LogP contribution in [0.3, 0.4) is 0 Å². The molecule has 0 heterocycles. The van der Waals surface area contributed by atoms with Gasteiger partial charge in [-0.05, 0) is 37.5 Å². The molecule has 2 unspecified atom stereocenters. The zero-order valence-corrected chi connectivity index (χ0v) is 16.7. The van der Waals surface area contributed by atoms with E-state index in [1.54, 1.807) is 7.11 Å². The molecule has 0 fully saturated rings. The van der Waals surface area contributed by atoms with Gasteiger partial charge in [-0.25, -0.2) is 0 Å². The third kappa shape index (κ3) is 6.97. The molecule has 144 valence electrons. The van der Waals surface area contributed by atoms with Gasteiger partial charge in [0.25, 0.3) is 0 Å². The van der Waals surface area contributed by atoms with Crippen LogP contribution in [-0.4, -0.2) is 24.8 Å². The smallest absolute Gasteiger partial charge is 0.314 e. The van der Waals surface area contributed by atoms with Gasteiger partial charge in [0.05, 0.1) is 5.41 Å². The topological polar surface area (TPSA) is 46.5 Å². The molecule has 0 radical (unpaired) electrons. The second kappa shape index (κ2) is 11.5. The number of carboxylic acid groups (broad SMARTS) is 1. The summed E-state index contributed by atoms with van der Waals surface area (Å²) in [5, 5.41) is 10.0. The zero-order valence-electron chi connectivity index (χ0n) is 16.7. The summed E-state index contributed by atoms with van der Waals surface area (Å²) in [4.78, 5) is 12.2. The molecule has 3 heteroatoms. The van der Waals surface area contributed by atoms with E-state index in [2.05, 4.69) is 32.9 Å². The second-order valence-corrected chi connectivity index (χ2v) is 7.91. The van der Waals surface area contributed by atoms with Gasteiger partial charge < -0.3 is 9.84 Å². The number of allylic oxidation sites excluding steroid dienone is 3. The van der Waals surface area contributed by atoms with Gasteiger partial charge in [-0.2, -0.15) is 0 Å². The van der Waals surface area contributed by atoms with Gasteiger partial charge in [0.1, 0.15) is 0 Å². The molecule has 0 saturated heterocycles. The lowest BCUT2D eigenvalue weighted by molar-refractivity contribution is -0.149. The molecule has 0 aromatic carbocycles. The molecule has 0 aromatic heterocycles. The maximum absolute atomic E-state index is 12.2. The lowest BCUT2D eigenvalue weighted by atomic mass is 9.67. The highest BCUT2D eigenvalue weighted by Crippen LogP contribution is 2.43. The van der Waals surface area contributed by atoms with E-state index in [0.29, 0.717) is 6.61 Å². The van der Waals surface area contributed by atoms with E-state index in [1.807, 2.05) is 6.08 Å². The van der Waals surface area contributed by atoms with Crippen LogP contribution in [0, 0.1) is 17.3 Å². The zero-order chi connectivity index (χ0) is 18.7. The number of unbranched alkanes of at least 4 members (excludes halogenated alkanes) is 3. The molecule has 25 heavy (non-hydrogen) atoms. The maximum atomic E-state index is 12.2. The van der Waals surface area contributed by atoms with E-state index < -0.39 is 11.4 Å². The molecule has 0 aromatic rings. The number of methoxy groups -OCH3 is 1. The van der Waals surface area contributed by atoms with Crippen LogP contribution in [0.2, 0.25) is 0 Å². The highest BCUT2D eigenvalue weighted by Gasteiger charge is 2.43. The molecule has 0 saturated carbocycles. The minimum Gasteiger partial charge on any atom is -0.481 e. The number of hydrogen-bond donors (Lipinski definition) is 1. The summed E-state index contributed by atoms with van der Waals surface area (Å²) in [5.41, 5.74) is 0.533. The van der Waals surface area contributed by atoms with Crippen molar-refractivity contribution in [1.29, 1.82) is 0 Å². The highest BCUT2D eigenvalue weighted by molar-refractivity contribution is 5.78.